The molecule has 2 rings (SSSR count). The normalized spacial score (nSPS) is 16.8. The molecule has 0 bridgehead atoms. The second kappa shape index (κ2) is 11.7. The molecule has 166 valence electrons. The quantitative estimate of drug-likeness (QED) is 0.599. The number of benzene rings is 1. The van der Waals surface area contributed by atoms with Crippen LogP contribution in [0.15, 0.2) is 18.2 Å². The summed E-state index contributed by atoms with van der Waals surface area (Å²) in [7, 11) is 3.30. The standard InChI is InChI=1S/C22H38N2O5/c1-22(2,3)29-17-19(25)16-24(10-9-23-11-13-28-14-12-23)15-18-7-6-8-20(26-4)21(18)27-5/h6-8,19,25H,9-17H2,1-5H3/t19-/m1/s1. The third kappa shape index (κ3) is 8.48. The molecule has 1 aliphatic rings. The van der Waals surface area contributed by atoms with Crippen LogP contribution in [0.4, 0.5) is 0 Å². The maximum absolute atomic E-state index is 10.6. The molecule has 0 saturated carbocycles. The monoisotopic (exact) mass is 410 g/mol. The Kier molecular flexibility index (Phi) is 9.65. The highest BCUT2D eigenvalue weighted by molar-refractivity contribution is 5.46. The highest BCUT2D eigenvalue weighted by Crippen LogP contribution is 2.31. The lowest BCUT2D eigenvalue weighted by Gasteiger charge is -2.32. The number of hydrogen-bond acceptors (Lipinski definition) is 7. The number of rotatable bonds is 11. The van der Waals surface area contributed by atoms with Crippen LogP contribution in [-0.4, -0.2) is 93.4 Å². The predicted molar refractivity (Wildman–Crippen MR) is 114 cm³/mol. The van der Waals surface area contributed by atoms with E-state index in [2.05, 4.69) is 9.80 Å². The number of aliphatic hydroxyl groups is 1. The smallest absolute Gasteiger partial charge is 0.165 e. The molecule has 1 aromatic rings. The number of methoxy groups -OCH3 is 2. The first-order valence-electron chi connectivity index (χ1n) is 10.4. The molecule has 0 unspecified atom stereocenters. The predicted octanol–water partition coefficient (Wildman–Crippen LogP) is 2.01. The molecule has 7 heteroatoms. The molecule has 0 amide bonds. The van der Waals surface area contributed by atoms with Crippen LogP contribution in [-0.2, 0) is 16.0 Å². The summed E-state index contributed by atoms with van der Waals surface area (Å²) in [6.07, 6.45) is -0.560. The zero-order chi connectivity index (χ0) is 21.3. The van der Waals surface area contributed by atoms with Gasteiger partial charge in [0.1, 0.15) is 0 Å². The average molecular weight is 411 g/mol. The fourth-order valence-corrected chi connectivity index (χ4v) is 3.36. The van der Waals surface area contributed by atoms with Gasteiger partial charge in [0.2, 0.25) is 0 Å². The Bertz CT molecular complexity index is 599. The first-order valence-corrected chi connectivity index (χ1v) is 10.4. The Morgan fingerprint density at radius 3 is 2.52 bits per heavy atom. The molecule has 1 aliphatic heterocycles. The first kappa shape index (κ1) is 23.9. The summed E-state index contributed by atoms with van der Waals surface area (Å²) >= 11 is 0. The number of para-hydroxylation sites is 1. The van der Waals surface area contributed by atoms with Crippen LogP contribution in [0.1, 0.15) is 26.3 Å². The summed E-state index contributed by atoms with van der Waals surface area (Å²) in [5, 5.41) is 10.6. The molecular weight excluding hydrogens is 372 g/mol. The Labute approximate surface area is 175 Å². The topological polar surface area (TPSA) is 63.6 Å². The maximum atomic E-state index is 10.6. The van der Waals surface area contributed by atoms with E-state index in [1.165, 1.54) is 0 Å². The minimum absolute atomic E-state index is 0.268. The molecule has 7 nitrogen and oxygen atoms in total. The maximum Gasteiger partial charge on any atom is 0.165 e. The van der Waals surface area contributed by atoms with E-state index in [1.54, 1.807) is 14.2 Å². The van der Waals surface area contributed by atoms with E-state index in [-0.39, 0.29) is 5.60 Å². The van der Waals surface area contributed by atoms with Gasteiger partial charge in [-0.3, -0.25) is 9.80 Å². The van der Waals surface area contributed by atoms with E-state index < -0.39 is 6.10 Å². The van der Waals surface area contributed by atoms with Crippen LogP contribution in [0.25, 0.3) is 0 Å². The van der Waals surface area contributed by atoms with Crippen molar-refractivity contribution in [1.82, 2.24) is 9.80 Å². The minimum Gasteiger partial charge on any atom is -0.493 e. The lowest BCUT2D eigenvalue weighted by Crippen LogP contribution is -2.43. The van der Waals surface area contributed by atoms with Crippen molar-refractivity contribution in [2.24, 2.45) is 0 Å². The first-order chi connectivity index (χ1) is 13.8. The summed E-state index contributed by atoms with van der Waals surface area (Å²) in [6, 6.07) is 5.91. The molecule has 0 radical (unpaired) electrons. The Hall–Kier alpha value is -1.38. The van der Waals surface area contributed by atoms with Crippen LogP contribution in [0.2, 0.25) is 0 Å². The highest BCUT2D eigenvalue weighted by atomic mass is 16.5. The van der Waals surface area contributed by atoms with E-state index in [0.29, 0.717) is 19.7 Å². The lowest BCUT2D eigenvalue weighted by molar-refractivity contribution is -0.0575. The third-order valence-corrected chi connectivity index (χ3v) is 4.89. The van der Waals surface area contributed by atoms with Crippen molar-refractivity contribution in [3.05, 3.63) is 23.8 Å². The van der Waals surface area contributed by atoms with Gasteiger partial charge in [0.05, 0.1) is 45.7 Å². The van der Waals surface area contributed by atoms with Gasteiger partial charge in [-0.1, -0.05) is 12.1 Å². The van der Waals surface area contributed by atoms with Crippen LogP contribution in [0, 0.1) is 0 Å². The molecular formula is C22H38N2O5. The minimum atomic E-state index is -0.560. The van der Waals surface area contributed by atoms with Crippen molar-refractivity contribution in [1.29, 1.82) is 0 Å². The second-order valence-corrected chi connectivity index (χ2v) is 8.42. The summed E-state index contributed by atoms with van der Waals surface area (Å²) in [6.45, 7) is 12.7. The zero-order valence-corrected chi connectivity index (χ0v) is 18.6. The van der Waals surface area contributed by atoms with Gasteiger partial charge in [0.15, 0.2) is 11.5 Å². The van der Waals surface area contributed by atoms with E-state index in [4.69, 9.17) is 18.9 Å². The van der Waals surface area contributed by atoms with Gasteiger partial charge in [-0.05, 0) is 26.8 Å². The van der Waals surface area contributed by atoms with Crippen LogP contribution >= 0.6 is 0 Å². The molecule has 29 heavy (non-hydrogen) atoms. The second-order valence-electron chi connectivity index (χ2n) is 8.42. The van der Waals surface area contributed by atoms with E-state index in [0.717, 1.165) is 56.5 Å². The Morgan fingerprint density at radius 2 is 1.90 bits per heavy atom. The van der Waals surface area contributed by atoms with E-state index in [1.807, 2.05) is 39.0 Å². The summed E-state index contributed by atoms with van der Waals surface area (Å²) in [4.78, 5) is 4.65. The Morgan fingerprint density at radius 1 is 1.17 bits per heavy atom. The van der Waals surface area contributed by atoms with E-state index in [9.17, 15) is 5.11 Å². The number of hydrogen-bond donors (Lipinski definition) is 1. The van der Waals surface area contributed by atoms with Crippen LogP contribution < -0.4 is 9.47 Å². The van der Waals surface area contributed by atoms with E-state index >= 15 is 0 Å². The van der Waals surface area contributed by atoms with Gasteiger partial charge < -0.3 is 24.1 Å². The molecule has 1 fully saturated rings. The zero-order valence-electron chi connectivity index (χ0n) is 18.6. The van der Waals surface area contributed by atoms with Crippen LogP contribution in [0.3, 0.4) is 0 Å². The average Bonchev–Trinajstić information content (AvgIpc) is 2.70. The van der Waals surface area contributed by atoms with Gasteiger partial charge >= 0.3 is 0 Å². The lowest BCUT2D eigenvalue weighted by atomic mass is 10.1. The summed E-state index contributed by atoms with van der Waals surface area (Å²) in [5.41, 5.74) is 0.771. The molecule has 1 atom stereocenters. The molecule has 0 spiro atoms. The fourth-order valence-electron chi connectivity index (χ4n) is 3.36. The number of ether oxygens (including phenoxy) is 4. The molecule has 1 saturated heterocycles. The molecule has 0 aromatic heterocycles. The van der Waals surface area contributed by atoms with Gasteiger partial charge in [0.25, 0.3) is 0 Å². The fraction of sp³-hybridized carbons (Fsp3) is 0.727. The molecule has 1 N–H and O–H groups in total. The van der Waals surface area contributed by atoms with Gasteiger partial charge in [-0.2, -0.15) is 0 Å². The van der Waals surface area contributed by atoms with Crippen molar-refractivity contribution in [2.75, 3.05) is 66.8 Å². The Balaban J connectivity index is 2.04. The van der Waals surface area contributed by atoms with Crippen molar-refractivity contribution in [2.45, 2.75) is 39.0 Å². The third-order valence-electron chi connectivity index (χ3n) is 4.89. The summed E-state index contributed by atoms with van der Waals surface area (Å²) < 4.78 is 22.2. The van der Waals surface area contributed by atoms with Crippen LogP contribution in [0.5, 0.6) is 11.5 Å². The number of morpholine rings is 1. The number of nitrogens with zero attached hydrogens (tertiary/aromatic N) is 2. The van der Waals surface area contributed by atoms with Crippen molar-refractivity contribution < 1.29 is 24.1 Å². The highest BCUT2D eigenvalue weighted by Gasteiger charge is 2.20. The van der Waals surface area contributed by atoms with Crippen molar-refractivity contribution in [3.63, 3.8) is 0 Å². The molecule has 0 aliphatic carbocycles. The van der Waals surface area contributed by atoms with Gasteiger partial charge in [-0.15, -0.1) is 0 Å². The summed E-state index contributed by atoms with van der Waals surface area (Å²) in [5.74, 6) is 1.46. The SMILES string of the molecule is COc1cccc(CN(CCN2CCOCC2)C[C@@H](O)COC(C)(C)C)c1OC. The number of aliphatic hydroxyl groups excluding tert-OH is 1. The molecule has 1 aromatic carbocycles. The largest absolute Gasteiger partial charge is 0.493 e. The van der Waals surface area contributed by atoms with Gasteiger partial charge in [-0.25, -0.2) is 0 Å². The van der Waals surface area contributed by atoms with Crippen molar-refractivity contribution in [3.8, 4) is 11.5 Å². The van der Waals surface area contributed by atoms with Gasteiger partial charge in [0, 0.05) is 44.8 Å². The molecule has 1 heterocycles. The van der Waals surface area contributed by atoms with Crippen molar-refractivity contribution >= 4 is 0 Å².